The van der Waals surface area contributed by atoms with Gasteiger partial charge in [0.1, 0.15) is 5.69 Å². The lowest BCUT2D eigenvalue weighted by atomic mass is 10.0. The SMILES string of the molecule is COC(=O)c1cc2n(n1)C(c1ccccc1)CN(C)C2=O. The van der Waals surface area contributed by atoms with Gasteiger partial charge in [0, 0.05) is 19.7 Å². The fourth-order valence-electron chi connectivity index (χ4n) is 2.53. The summed E-state index contributed by atoms with van der Waals surface area (Å²) in [6.07, 6.45) is 0. The third-order valence-corrected chi connectivity index (χ3v) is 3.62. The van der Waals surface area contributed by atoms with Crippen molar-refractivity contribution in [3.05, 3.63) is 53.3 Å². The van der Waals surface area contributed by atoms with Gasteiger partial charge in [0.25, 0.3) is 5.91 Å². The zero-order chi connectivity index (χ0) is 15.0. The maximum absolute atomic E-state index is 12.2. The van der Waals surface area contributed by atoms with E-state index in [0.717, 1.165) is 5.56 Å². The number of carbonyl (C=O) groups excluding carboxylic acids is 2. The van der Waals surface area contributed by atoms with Gasteiger partial charge in [-0.25, -0.2) is 9.48 Å². The number of amides is 1. The molecule has 0 bridgehead atoms. The summed E-state index contributed by atoms with van der Waals surface area (Å²) in [5.41, 5.74) is 1.59. The average molecular weight is 285 g/mol. The second-order valence-corrected chi connectivity index (χ2v) is 4.96. The molecule has 21 heavy (non-hydrogen) atoms. The number of ether oxygens (including phenoxy) is 1. The molecular weight excluding hydrogens is 270 g/mol. The molecule has 0 saturated carbocycles. The summed E-state index contributed by atoms with van der Waals surface area (Å²) in [5.74, 6) is -0.691. The van der Waals surface area contributed by atoms with Crippen LogP contribution in [0.4, 0.5) is 0 Å². The van der Waals surface area contributed by atoms with Crippen molar-refractivity contribution in [2.24, 2.45) is 0 Å². The van der Waals surface area contributed by atoms with Crippen LogP contribution in [0.1, 0.15) is 32.6 Å². The van der Waals surface area contributed by atoms with E-state index in [4.69, 9.17) is 0 Å². The lowest BCUT2D eigenvalue weighted by molar-refractivity contribution is 0.0591. The summed E-state index contributed by atoms with van der Waals surface area (Å²) in [4.78, 5) is 25.5. The first-order chi connectivity index (χ1) is 10.1. The quantitative estimate of drug-likeness (QED) is 0.781. The molecule has 1 aromatic heterocycles. The van der Waals surface area contributed by atoms with Gasteiger partial charge in [-0.2, -0.15) is 5.10 Å². The number of rotatable bonds is 2. The Morgan fingerprint density at radius 2 is 2.05 bits per heavy atom. The molecule has 6 heteroatoms. The maximum atomic E-state index is 12.2. The van der Waals surface area contributed by atoms with Crippen molar-refractivity contribution >= 4 is 11.9 Å². The number of nitrogens with zero attached hydrogens (tertiary/aromatic N) is 3. The summed E-state index contributed by atoms with van der Waals surface area (Å²) >= 11 is 0. The van der Waals surface area contributed by atoms with Crippen LogP contribution in [0, 0.1) is 0 Å². The minimum atomic E-state index is -0.542. The highest BCUT2D eigenvalue weighted by Gasteiger charge is 2.32. The van der Waals surface area contributed by atoms with Gasteiger partial charge in [-0.3, -0.25) is 4.79 Å². The Bertz CT molecular complexity index is 693. The molecule has 0 aliphatic carbocycles. The smallest absolute Gasteiger partial charge is 0.358 e. The Morgan fingerprint density at radius 1 is 1.33 bits per heavy atom. The zero-order valence-corrected chi connectivity index (χ0v) is 11.8. The Hall–Kier alpha value is -2.63. The molecule has 1 aliphatic rings. The van der Waals surface area contributed by atoms with E-state index in [1.54, 1.807) is 16.6 Å². The number of esters is 1. The number of fused-ring (bicyclic) bond motifs is 1. The molecule has 6 nitrogen and oxygen atoms in total. The predicted octanol–water partition coefficient (Wildman–Crippen LogP) is 1.34. The van der Waals surface area contributed by atoms with Gasteiger partial charge in [-0.15, -0.1) is 0 Å². The summed E-state index contributed by atoms with van der Waals surface area (Å²) in [7, 11) is 3.04. The number of methoxy groups -OCH3 is 1. The largest absolute Gasteiger partial charge is 0.464 e. The van der Waals surface area contributed by atoms with E-state index in [0.29, 0.717) is 12.2 Å². The lowest BCUT2D eigenvalue weighted by Gasteiger charge is -2.31. The molecular formula is C15H15N3O3. The van der Waals surface area contributed by atoms with Crippen molar-refractivity contribution in [2.75, 3.05) is 20.7 Å². The Balaban J connectivity index is 2.10. The summed E-state index contributed by atoms with van der Waals surface area (Å²) in [5, 5.41) is 4.26. The van der Waals surface area contributed by atoms with Crippen LogP contribution in [0.25, 0.3) is 0 Å². The standard InChI is InChI=1S/C15H15N3O3/c1-17-9-13(10-6-4-3-5-7-10)18-12(14(17)19)8-11(16-18)15(20)21-2/h3-8,13H,9H2,1-2H3. The van der Waals surface area contributed by atoms with Gasteiger partial charge in [-0.05, 0) is 5.56 Å². The van der Waals surface area contributed by atoms with Crippen molar-refractivity contribution in [1.82, 2.24) is 14.7 Å². The molecule has 1 atom stereocenters. The van der Waals surface area contributed by atoms with Gasteiger partial charge in [0.15, 0.2) is 5.69 Å². The van der Waals surface area contributed by atoms with E-state index < -0.39 is 5.97 Å². The molecule has 0 saturated heterocycles. The minimum Gasteiger partial charge on any atom is -0.464 e. The average Bonchev–Trinajstić information content (AvgIpc) is 2.96. The van der Waals surface area contributed by atoms with E-state index in [1.165, 1.54) is 13.2 Å². The summed E-state index contributed by atoms with van der Waals surface area (Å²) in [6.45, 7) is 0.512. The molecule has 0 fully saturated rings. The lowest BCUT2D eigenvalue weighted by Crippen LogP contribution is -2.41. The number of benzene rings is 1. The van der Waals surface area contributed by atoms with E-state index >= 15 is 0 Å². The summed E-state index contributed by atoms with van der Waals surface area (Å²) in [6, 6.07) is 11.2. The van der Waals surface area contributed by atoms with E-state index in [-0.39, 0.29) is 17.6 Å². The van der Waals surface area contributed by atoms with Crippen molar-refractivity contribution in [2.45, 2.75) is 6.04 Å². The highest BCUT2D eigenvalue weighted by Crippen LogP contribution is 2.26. The second-order valence-electron chi connectivity index (χ2n) is 4.96. The summed E-state index contributed by atoms with van der Waals surface area (Å²) < 4.78 is 6.29. The van der Waals surface area contributed by atoms with E-state index in [1.807, 2.05) is 30.3 Å². The Labute approximate surface area is 121 Å². The topological polar surface area (TPSA) is 64.4 Å². The second kappa shape index (κ2) is 5.05. The first kappa shape index (κ1) is 13.4. The van der Waals surface area contributed by atoms with Crippen molar-refractivity contribution in [1.29, 1.82) is 0 Å². The van der Waals surface area contributed by atoms with Crippen LogP contribution < -0.4 is 0 Å². The molecule has 0 spiro atoms. The number of aromatic nitrogens is 2. The highest BCUT2D eigenvalue weighted by atomic mass is 16.5. The number of hydrogen-bond donors (Lipinski definition) is 0. The molecule has 3 rings (SSSR count). The van der Waals surface area contributed by atoms with Crippen LogP contribution in [0.5, 0.6) is 0 Å². The molecule has 2 aromatic rings. The normalized spacial score (nSPS) is 17.5. The van der Waals surface area contributed by atoms with Crippen LogP contribution in [0.3, 0.4) is 0 Å². The van der Waals surface area contributed by atoms with Crippen LogP contribution in [-0.4, -0.2) is 47.3 Å². The number of carbonyl (C=O) groups is 2. The van der Waals surface area contributed by atoms with E-state index in [2.05, 4.69) is 9.84 Å². The maximum Gasteiger partial charge on any atom is 0.358 e. The Kier molecular flexibility index (Phi) is 3.21. The van der Waals surface area contributed by atoms with Crippen molar-refractivity contribution < 1.29 is 14.3 Å². The molecule has 108 valence electrons. The molecule has 1 aromatic carbocycles. The number of likely N-dealkylation sites (N-methyl/N-ethyl adjacent to an activating group) is 1. The first-order valence-corrected chi connectivity index (χ1v) is 6.60. The van der Waals surface area contributed by atoms with Gasteiger partial charge < -0.3 is 9.64 Å². The molecule has 1 amide bonds. The Morgan fingerprint density at radius 3 is 2.71 bits per heavy atom. The fourth-order valence-corrected chi connectivity index (χ4v) is 2.53. The van der Waals surface area contributed by atoms with Crippen LogP contribution >= 0.6 is 0 Å². The monoisotopic (exact) mass is 285 g/mol. The molecule has 2 heterocycles. The molecule has 0 radical (unpaired) electrons. The van der Waals surface area contributed by atoms with Crippen molar-refractivity contribution in [3.8, 4) is 0 Å². The van der Waals surface area contributed by atoms with Gasteiger partial charge in [0.2, 0.25) is 0 Å². The third-order valence-electron chi connectivity index (χ3n) is 3.62. The van der Waals surface area contributed by atoms with Gasteiger partial charge >= 0.3 is 5.97 Å². The van der Waals surface area contributed by atoms with E-state index in [9.17, 15) is 9.59 Å². The zero-order valence-electron chi connectivity index (χ0n) is 11.8. The highest BCUT2D eigenvalue weighted by molar-refractivity contribution is 5.96. The predicted molar refractivity (Wildman–Crippen MR) is 75.1 cm³/mol. The molecule has 0 N–H and O–H groups in total. The minimum absolute atomic E-state index is 0.109. The van der Waals surface area contributed by atoms with Gasteiger partial charge in [-0.1, -0.05) is 30.3 Å². The third kappa shape index (κ3) is 2.18. The van der Waals surface area contributed by atoms with Crippen LogP contribution in [0.2, 0.25) is 0 Å². The van der Waals surface area contributed by atoms with Crippen molar-refractivity contribution in [3.63, 3.8) is 0 Å². The van der Waals surface area contributed by atoms with Crippen LogP contribution in [-0.2, 0) is 4.74 Å². The first-order valence-electron chi connectivity index (χ1n) is 6.60. The molecule has 1 aliphatic heterocycles. The number of hydrogen-bond acceptors (Lipinski definition) is 4. The fraction of sp³-hybridized carbons (Fsp3) is 0.267. The van der Waals surface area contributed by atoms with Crippen LogP contribution in [0.15, 0.2) is 36.4 Å². The molecule has 1 unspecified atom stereocenters. The van der Waals surface area contributed by atoms with Gasteiger partial charge in [0.05, 0.1) is 13.2 Å².